The Kier molecular flexibility index (Phi) is 3.64. The predicted molar refractivity (Wildman–Crippen MR) is 83.8 cm³/mol. The smallest absolute Gasteiger partial charge is 0.257 e. The molecule has 0 saturated carbocycles. The van der Waals surface area contributed by atoms with Crippen molar-refractivity contribution in [1.82, 2.24) is 24.7 Å². The molecule has 3 rings (SSSR count). The fourth-order valence-corrected chi connectivity index (χ4v) is 2.25. The molecule has 0 saturated heterocycles. The SMILES string of the molecule is Nc1nc(Nc2ccc(F)cc2I)nc(-n2cccn2)n1. The van der Waals surface area contributed by atoms with Gasteiger partial charge in [-0.1, -0.05) is 0 Å². The predicted octanol–water partition coefficient (Wildman–Crippen LogP) is 2.13. The summed E-state index contributed by atoms with van der Waals surface area (Å²) < 4.78 is 15.3. The molecule has 0 atom stereocenters. The number of benzene rings is 1. The molecule has 0 amide bonds. The van der Waals surface area contributed by atoms with Gasteiger partial charge in [0.1, 0.15) is 5.82 Å². The van der Waals surface area contributed by atoms with Gasteiger partial charge in [-0.2, -0.15) is 20.1 Å². The third kappa shape index (κ3) is 3.07. The van der Waals surface area contributed by atoms with Crippen LogP contribution in [-0.2, 0) is 0 Å². The monoisotopic (exact) mass is 397 g/mol. The van der Waals surface area contributed by atoms with Crippen LogP contribution in [0.25, 0.3) is 5.95 Å². The van der Waals surface area contributed by atoms with Crippen LogP contribution >= 0.6 is 22.6 Å². The number of hydrogen-bond donors (Lipinski definition) is 2. The van der Waals surface area contributed by atoms with E-state index in [-0.39, 0.29) is 17.7 Å². The molecule has 0 fully saturated rings. The Hall–Kier alpha value is -2.30. The normalized spacial score (nSPS) is 10.6. The summed E-state index contributed by atoms with van der Waals surface area (Å²) in [5.74, 6) is 0.317. The van der Waals surface area contributed by atoms with Crippen LogP contribution in [0.1, 0.15) is 0 Å². The Morgan fingerprint density at radius 3 is 2.81 bits per heavy atom. The van der Waals surface area contributed by atoms with Crippen molar-refractivity contribution in [2.24, 2.45) is 0 Å². The second-order valence-electron chi connectivity index (χ2n) is 4.02. The van der Waals surface area contributed by atoms with Gasteiger partial charge in [0.25, 0.3) is 5.95 Å². The van der Waals surface area contributed by atoms with Gasteiger partial charge in [0.05, 0.1) is 5.69 Å². The van der Waals surface area contributed by atoms with E-state index in [1.807, 2.05) is 22.6 Å². The summed E-state index contributed by atoms with van der Waals surface area (Å²) in [5, 5.41) is 7.02. The maximum Gasteiger partial charge on any atom is 0.257 e. The van der Waals surface area contributed by atoms with Crippen LogP contribution < -0.4 is 11.1 Å². The topological polar surface area (TPSA) is 94.5 Å². The van der Waals surface area contributed by atoms with Crippen LogP contribution in [0.2, 0.25) is 0 Å². The zero-order valence-electron chi connectivity index (χ0n) is 10.5. The molecule has 9 heteroatoms. The Bertz CT molecular complexity index is 775. The first kappa shape index (κ1) is 13.7. The molecule has 106 valence electrons. The summed E-state index contributed by atoms with van der Waals surface area (Å²) >= 11 is 2.02. The lowest BCUT2D eigenvalue weighted by atomic mass is 10.3. The van der Waals surface area contributed by atoms with Gasteiger partial charge in [0, 0.05) is 16.0 Å². The van der Waals surface area contributed by atoms with E-state index in [9.17, 15) is 4.39 Å². The number of nitrogens with one attached hydrogen (secondary N) is 1. The van der Waals surface area contributed by atoms with Crippen molar-refractivity contribution in [3.63, 3.8) is 0 Å². The first-order valence-electron chi connectivity index (χ1n) is 5.85. The van der Waals surface area contributed by atoms with Gasteiger partial charge in [-0.15, -0.1) is 0 Å². The number of hydrogen-bond acceptors (Lipinski definition) is 6. The van der Waals surface area contributed by atoms with E-state index < -0.39 is 0 Å². The van der Waals surface area contributed by atoms with Crippen molar-refractivity contribution >= 4 is 40.2 Å². The summed E-state index contributed by atoms with van der Waals surface area (Å²) in [4.78, 5) is 12.2. The summed E-state index contributed by atoms with van der Waals surface area (Å²) in [5.41, 5.74) is 6.35. The quantitative estimate of drug-likeness (QED) is 0.658. The highest BCUT2D eigenvalue weighted by Gasteiger charge is 2.08. The number of aromatic nitrogens is 5. The molecule has 0 aliphatic heterocycles. The maximum absolute atomic E-state index is 13.1. The fourth-order valence-electron chi connectivity index (χ4n) is 1.64. The molecule has 0 spiro atoms. The van der Waals surface area contributed by atoms with Crippen molar-refractivity contribution in [2.45, 2.75) is 0 Å². The van der Waals surface area contributed by atoms with Crippen molar-refractivity contribution < 1.29 is 4.39 Å². The van der Waals surface area contributed by atoms with Crippen molar-refractivity contribution in [2.75, 3.05) is 11.1 Å². The lowest BCUT2D eigenvalue weighted by Crippen LogP contribution is -2.09. The molecule has 7 nitrogen and oxygen atoms in total. The zero-order chi connectivity index (χ0) is 14.8. The highest BCUT2D eigenvalue weighted by atomic mass is 127. The van der Waals surface area contributed by atoms with E-state index in [0.29, 0.717) is 15.2 Å². The van der Waals surface area contributed by atoms with E-state index in [0.717, 1.165) is 0 Å². The van der Waals surface area contributed by atoms with E-state index >= 15 is 0 Å². The lowest BCUT2D eigenvalue weighted by Gasteiger charge is -2.08. The Morgan fingerprint density at radius 2 is 2.10 bits per heavy atom. The molecule has 0 radical (unpaired) electrons. The van der Waals surface area contributed by atoms with Crippen LogP contribution in [0.3, 0.4) is 0 Å². The van der Waals surface area contributed by atoms with Crippen LogP contribution in [0, 0.1) is 9.39 Å². The van der Waals surface area contributed by atoms with Crippen LogP contribution in [0.5, 0.6) is 0 Å². The molecule has 21 heavy (non-hydrogen) atoms. The Labute approximate surface area is 132 Å². The minimum absolute atomic E-state index is 0.0649. The average molecular weight is 397 g/mol. The van der Waals surface area contributed by atoms with E-state index in [1.54, 1.807) is 24.5 Å². The average Bonchev–Trinajstić information content (AvgIpc) is 2.95. The number of nitrogen functional groups attached to an aromatic ring is 1. The Balaban J connectivity index is 1.95. The van der Waals surface area contributed by atoms with Crippen molar-refractivity contribution in [1.29, 1.82) is 0 Å². The number of halogens is 2. The van der Waals surface area contributed by atoms with Crippen molar-refractivity contribution in [3.8, 4) is 5.95 Å². The number of nitrogens with two attached hydrogens (primary N) is 1. The minimum atomic E-state index is -0.308. The van der Waals surface area contributed by atoms with Crippen LogP contribution in [0.4, 0.5) is 22.0 Å². The van der Waals surface area contributed by atoms with E-state index in [4.69, 9.17) is 5.73 Å². The summed E-state index contributed by atoms with van der Waals surface area (Å²) in [6, 6.07) is 6.10. The molecule has 0 aliphatic rings. The molecule has 2 aromatic heterocycles. The number of anilines is 3. The van der Waals surface area contributed by atoms with Gasteiger partial charge in [-0.05, 0) is 46.9 Å². The second-order valence-corrected chi connectivity index (χ2v) is 5.18. The van der Waals surface area contributed by atoms with Gasteiger partial charge in [-0.3, -0.25) is 0 Å². The first-order chi connectivity index (χ1) is 10.1. The third-order valence-electron chi connectivity index (χ3n) is 2.53. The molecular weight excluding hydrogens is 388 g/mol. The molecule has 1 aromatic carbocycles. The fraction of sp³-hybridized carbons (Fsp3) is 0. The second kappa shape index (κ2) is 5.60. The van der Waals surface area contributed by atoms with Gasteiger partial charge >= 0.3 is 0 Å². The molecule has 3 aromatic rings. The molecule has 0 aliphatic carbocycles. The van der Waals surface area contributed by atoms with Gasteiger partial charge in [-0.25, -0.2) is 9.07 Å². The highest BCUT2D eigenvalue weighted by molar-refractivity contribution is 14.1. The molecule has 2 heterocycles. The van der Waals surface area contributed by atoms with Gasteiger partial charge in [0.15, 0.2) is 0 Å². The Morgan fingerprint density at radius 1 is 1.24 bits per heavy atom. The standard InChI is InChI=1S/C12H9FIN7/c13-7-2-3-9(8(14)6-7)17-11-18-10(15)19-12(20-11)21-5-1-4-16-21/h1-6H,(H3,15,17,18,19,20). The maximum atomic E-state index is 13.1. The molecular formula is C12H9FIN7. The number of nitrogens with zero attached hydrogens (tertiary/aromatic N) is 5. The first-order valence-corrected chi connectivity index (χ1v) is 6.93. The van der Waals surface area contributed by atoms with Crippen LogP contribution in [0.15, 0.2) is 36.7 Å². The largest absolute Gasteiger partial charge is 0.368 e. The van der Waals surface area contributed by atoms with E-state index in [1.165, 1.54) is 16.8 Å². The van der Waals surface area contributed by atoms with Crippen molar-refractivity contribution in [3.05, 3.63) is 46.0 Å². The molecule has 3 N–H and O–H groups in total. The number of rotatable bonds is 3. The molecule has 0 unspecified atom stereocenters. The lowest BCUT2D eigenvalue weighted by molar-refractivity contribution is 0.627. The summed E-state index contributed by atoms with van der Waals surface area (Å²) in [7, 11) is 0. The minimum Gasteiger partial charge on any atom is -0.368 e. The summed E-state index contributed by atoms with van der Waals surface area (Å²) in [6.07, 6.45) is 3.30. The molecule has 0 bridgehead atoms. The van der Waals surface area contributed by atoms with Gasteiger partial charge < -0.3 is 11.1 Å². The highest BCUT2D eigenvalue weighted by Crippen LogP contribution is 2.22. The van der Waals surface area contributed by atoms with E-state index in [2.05, 4.69) is 25.4 Å². The van der Waals surface area contributed by atoms with Gasteiger partial charge in [0.2, 0.25) is 11.9 Å². The zero-order valence-corrected chi connectivity index (χ0v) is 12.7. The summed E-state index contributed by atoms with van der Waals surface area (Å²) in [6.45, 7) is 0. The van der Waals surface area contributed by atoms with Crippen LogP contribution in [-0.4, -0.2) is 24.7 Å². The third-order valence-corrected chi connectivity index (χ3v) is 3.42.